The monoisotopic (exact) mass is 371 g/mol. The molecule has 6 heteroatoms. The third-order valence-electron chi connectivity index (χ3n) is 4.95. The lowest BCUT2D eigenvalue weighted by Crippen LogP contribution is -2.44. The maximum Gasteiger partial charge on any atom is 0.268 e. The molecule has 25 heavy (non-hydrogen) atoms. The molecule has 2 aliphatic rings. The zero-order valence-electron chi connectivity index (χ0n) is 15.9. The summed E-state index contributed by atoms with van der Waals surface area (Å²) in [6, 6.07) is -0.970. The van der Waals surface area contributed by atoms with E-state index in [4.69, 9.17) is 0 Å². The van der Waals surface area contributed by atoms with E-state index in [0.29, 0.717) is 17.6 Å². The Labute approximate surface area is 151 Å². The molecule has 3 unspecified atom stereocenters. The summed E-state index contributed by atoms with van der Waals surface area (Å²) in [5.74, 6) is -1.11. The van der Waals surface area contributed by atoms with E-state index in [1.165, 1.54) is 24.7 Å². The highest BCUT2D eigenvalue weighted by Crippen LogP contribution is 2.48. The van der Waals surface area contributed by atoms with Crippen LogP contribution in [0, 0.1) is 11.8 Å². The van der Waals surface area contributed by atoms with Crippen LogP contribution in [0.4, 0.5) is 8.78 Å². The van der Waals surface area contributed by atoms with E-state index < -0.39 is 19.0 Å². The largest absolute Gasteiger partial charge is 0.351 e. The number of nitrogens with zero attached hydrogens (tertiary/aromatic N) is 2. The van der Waals surface area contributed by atoms with Crippen molar-refractivity contribution in [1.29, 1.82) is 0 Å². The second kappa shape index (κ2) is 7.65. The van der Waals surface area contributed by atoms with E-state index in [2.05, 4.69) is 29.9 Å². The molecule has 1 saturated heterocycles. The summed E-state index contributed by atoms with van der Waals surface area (Å²) in [5, 5.41) is 3.51. The average molecular weight is 371 g/mol. The third kappa shape index (κ3) is 5.20. The quantitative estimate of drug-likeness (QED) is 0.678. The van der Waals surface area contributed by atoms with Crippen molar-refractivity contribution in [2.45, 2.75) is 58.9 Å². The van der Waals surface area contributed by atoms with Gasteiger partial charge in [0.25, 0.3) is 5.92 Å². The Hall–Kier alpha value is -1.09. The zero-order valence-corrected chi connectivity index (χ0v) is 16.8. The van der Waals surface area contributed by atoms with E-state index in [0.717, 1.165) is 12.3 Å². The van der Waals surface area contributed by atoms with Gasteiger partial charge in [0, 0.05) is 12.6 Å². The van der Waals surface area contributed by atoms with Crippen molar-refractivity contribution < 1.29 is 8.78 Å². The minimum absolute atomic E-state index is 0.0654. The number of aliphatic imine (C=N–C) groups is 1. The van der Waals surface area contributed by atoms with Crippen molar-refractivity contribution in [3.8, 4) is 0 Å². The molecule has 0 spiro atoms. The maximum atomic E-state index is 14.4. The number of hydrogen-bond donors (Lipinski definition) is 1. The number of alkyl halides is 2. The van der Waals surface area contributed by atoms with Crippen molar-refractivity contribution in [2.75, 3.05) is 12.3 Å². The van der Waals surface area contributed by atoms with Gasteiger partial charge in [-0.05, 0) is 57.0 Å². The van der Waals surface area contributed by atoms with Crippen molar-refractivity contribution in [2.24, 2.45) is 16.8 Å². The molecule has 0 radical (unpaired) electrons. The molecule has 3 atom stereocenters. The van der Waals surface area contributed by atoms with Crippen LogP contribution in [0.2, 0.25) is 0 Å². The predicted molar refractivity (Wildman–Crippen MR) is 107 cm³/mol. The normalized spacial score (nSPS) is 28.9. The van der Waals surface area contributed by atoms with Crippen LogP contribution < -0.4 is 5.09 Å². The van der Waals surface area contributed by atoms with Gasteiger partial charge in [0.2, 0.25) is 0 Å². The molecule has 0 amide bonds. The molecule has 1 fully saturated rings. The zero-order chi connectivity index (χ0) is 18.8. The van der Waals surface area contributed by atoms with Gasteiger partial charge in [-0.3, -0.25) is 0 Å². The lowest BCUT2D eigenvalue weighted by molar-refractivity contribution is -0.0715. The van der Waals surface area contributed by atoms with Crippen molar-refractivity contribution in [3.05, 3.63) is 24.7 Å². The topological polar surface area (TPSA) is 27.6 Å². The lowest BCUT2D eigenvalue weighted by atomic mass is 9.99. The van der Waals surface area contributed by atoms with E-state index in [1.54, 1.807) is 12.3 Å². The van der Waals surface area contributed by atoms with Crippen LogP contribution in [0.25, 0.3) is 0 Å². The maximum absolute atomic E-state index is 14.4. The van der Waals surface area contributed by atoms with Crippen molar-refractivity contribution in [1.82, 2.24) is 9.99 Å². The number of nitrogens with one attached hydrogen (secondary N) is 1. The van der Waals surface area contributed by atoms with Gasteiger partial charge in [-0.2, -0.15) is 0 Å². The SMILES string of the molecule is C=C1N=C(NP2(=C)CCCC(C)C2)C=CN1C(C)C(F)(F)CC(C)C. The van der Waals surface area contributed by atoms with Crippen LogP contribution in [-0.4, -0.2) is 41.3 Å². The third-order valence-corrected chi connectivity index (χ3v) is 8.14. The highest BCUT2D eigenvalue weighted by Gasteiger charge is 2.41. The molecule has 142 valence electrons. The molecule has 0 aromatic rings. The summed E-state index contributed by atoms with van der Waals surface area (Å²) in [6.07, 6.45) is 12.4. The first-order chi connectivity index (χ1) is 11.5. The highest BCUT2D eigenvalue weighted by atomic mass is 31.2. The van der Waals surface area contributed by atoms with Crippen LogP contribution in [0.15, 0.2) is 29.7 Å². The first-order valence-corrected chi connectivity index (χ1v) is 11.5. The molecule has 0 saturated carbocycles. The van der Waals surface area contributed by atoms with Gasteiger partial charge >= 0.3 is 0 Å². The van der Waals surface area contributed by atoms with Gasteiger partial charge in [-0.25, -0.2) is 13.8 Å². The number of rotatable bonds is 5. The van der Waals surface area contributed by atoms with Gasteiger partial charge in [0.1, 0.15) is 11.7 Å². The Morgan fingerprint density at radius 3 is 2.68 bits per heavy atom. The van der Waals surface area contributed by atoms with Gasteiger partial charge in [0.05, 0.1) is 6.04 Å². The molecule has 2 heterocycles. The fourth-order valence-corrected chi connectivity index (χ4v) is 6.83. The van der Waals surface area contributed by atoms with Crippen molar-refractivity contribution >= 4 is 19.2 Å². The van der Waals surface area contributed by atoms with Crippen LogP contribution in [0.1, 0.15) is 47.0 Å². The molecule has 0 aliphatic carbocycles. The molecular formula is C19H32F2N3P. The Bertz CT molecular complexity index is 610. The number of halogens is 2. The van der Waals surface area contributed by atoms with Gasteiger partial charge in [-0.1, -0.05) is 33.6 Å². The fourth-order valence-electron chi connectivity index (χ4n) is 3.67. The van der Waals surface area contributed by atoms with Crippen LogP contribution >= 0.6 is 7.04 Å². The minimum Gasteiger partial charge on any atom is -0.351 e. The first-order valence-electron chi connectivity index (χ1n) is 9.14. The second-order valence-electron chi connectivity index (χ2n) is 8.08. The van der Waals surface area contributed by atoms with E-state index in [-0.39, 0.29) is 12.3 Å². The predicted octanol–water partition coefficient (Wildman–Crippen LogP) is 5.14. The van der Waals surface area contributed by atoms with Gasteiger partial charge in [-0.15, -0.1) is 0 Å². The molecule has 2 aliphatic heterocycles. The summed E-state index contributed by atoms with van der Waals surface area (Å²) < 4.78 is 28.8. The second-order valence-corrected chi connectivity index (χ2v) is 11.4. The molecule has 3 nitrogen and oxygen atoms in total. The summed E-state index contributed by atoms with van der Waals surface area (Å²) in [6.45, 7) is 11.3. The lowest BCUT2D eigenvalue weighted by Gasteiger charge is -2.37. The summed E-state index contributed by atoms with van der Waals surface area (Å²) in [7, 11) is -1.50. The Kier molecular flexibility index (Phi) is 6.19. The number of hydrogen-bond acceptors (Lipinski definition) is 3. The van der Waals surface area contributed by atoms with E-state index in [1.807, 2.05) is 13.8 Å². The highest BCUT2D eigenvalue weighted by molar-refractivity contribution is 7.72. The average Bonchev–Trinajstić information content (AvgIpc) is 2.44. The Morgan fingerprint density at radius 1 is 1.44 bits per heavy atom. The summed E-state index contributed by atoms with van der Waals surface area (Å²) >= 11 is 0. The molecule has 2 rings (SSSR count). The standard InChI is InChI=1S/C19H32F2N3P/c1-14(2)12-19(20,21)16(4)24-10-9-18(22-17(24)5)23-25(6)11-7-8-15(3)13-25/h9-10,14-16H,5-8,11-13H2,1-4H3,(H,22,23). The summed E-state index contributed by atoms with van der Waals surface area (Å²) in [4.78, 5) is 5.92. The minimum atomic E-state index is -2.79. The van der Waals surface area contributed by atoms with Gasteiger partial charge in [0.15, 0.2) is 0 Å². The smallest absolute Gasteiger partial charge is 0.268 e. The summed E-state index contributed by atoms with van der Waals surface area (Å²) in [5.41, 5.74) is 0. The Balaban J connectivity index is 2.05. The number of amidine groups is 1. The molecule has 0 aromatic heterocycles. The molecule has 0 aromatic carbocycles. The molecular weight excluding hydrogens is 339 g/mol. The fraction of sp³-hybridized carbons (Fsp3) is 0.684. The first kappa shape index (κ1) is 20.2. The molecule has 1 N–H and O–H groups in total. The van der Waals surface area contributed by atoms with Gasteiger partial charge < -0.3 is 9.99 Å². The van der Waals surface area contributed by atoms with E-state index in [9.17, 15) is 8.78 Å². The Morgan fingerprint density at radius 2 is 2.12 bits per heavy atom. The van der Waals surface area contributed by atoms with Crippen LogP contribution in [-0.2, 0) is 0 Å². The van der Waals surface area contributed by atoms with Crippen molar-refractivity contribution in [3.63, 3.8) is 0 Å². The van der Waals surface area contributed by atoms with E-state index >= 15 is 0 Å². The van der Waals surface area contributed by atoms with Crippen LogP contribution in [0.3, 0.4) is 0 Å². The van der Waals surface area contributed by atoms with Crippen LogP contribution in [0.5, 0.6) is 0 Å². The molecule has 0 bridgehead atoms.